The minimum absolute atomic E-state index is 0.0219. The lowest BCUT2D eigenvalue weighted by molar-refractivity contribution is -0.119. The smallest absolute Gasteiger partial charge is 0.241 e. The molecule has 1 saturated carbocycles. The molecule has 1 amide bonds. The fraction of sp³-hybridized carbons (Fsp3) is 0.500. The quantitative estimate of drug-likeness (QED) is 0.489. The highest BCUT2D eigenvalue weighted by Crippen LogP contribution is 2.40. The van der Waals surface area contributed by atoms with Gasteiger partial charge in [0, 0.05) is 56.7 Å². The second kappa shape index (κ2) is 9.49. The summed E-state index contributed by atoms with van der Waals surface area (Å²) in [5.74, 6) is 0.107. The molecule has 1 unspecified atom stereocenters. The van der Waals surface area contributed by atoms with Crippen molar-refractivity contribution >= 4 is 32.7 Å². The predicted octanol–water partition coefficient (Wildman–Crippen LogP) is 2.56. The van der Waals surface area contributed by atoms with Crippen molar-refractivity contribution in [1.29, 1.82) is 0 Å². The number of benzene rings is 1. The van der Waals surface area contributed by atoms with Crippen molar-refractivity contribution in [2.24, 2.45) is 5.92 Å². The van der Waals surface area contributed by atoms with E-state index in [9.17, 15) is 13.2 Å². The third-order valence-electron chi connectivity index (χ3n) is 7.72. The Morgan fingerprint density at radius 1 is 1.16 bits per heavy atom. The third kappa shape index (κ3) is 4.82. The van der Waals surface area contributed by atoms with E-state index < -0.39 is 15.8 Å². The van der Waals surface area contributed by atoms with Crippen molar-refractivity contribution in [2.45, 2.75) is 38.3 Å². The second-order valence-corrected chi connectivity index (χ2v) is 12.5. The first-order valence-electron chi connectivity index (χ1n) is 13.0. The summed E-state index contributed by atoms with van der Waals surface area (Å²) in [7, 11) is -3.26. The molecule has 202 valence electrons. The van der Waals surface area contributed by atoms with E-state index in [1.165, 1.54) is 16.6 Å². The van der Waals surface area contributed by atoms with Crippen LogP contribution in [0, 0.1) is 11.7 Å². The van der Waals surface area contributed by atoms with Gasteiger partial charge < -0.3 is 19.5 Å². The number of carbonyl (C=O) groups is 1. The molecule has 1 aromatic carbocycles. The predicted molar refractivity (Wildman–Crippen MR) is 141 cm³/mol. The van der Waals surface area contributed by atoms with Gasteiger partial charge in [-0.2, -0.15) is 4.31 Å². The zero-order chi connectivity index (χ0) is 26.6. The molecule has 0 spiro atoms. The molecule has 2 saturated heterocycles. The summed E-state index contributed by atoms with van der Waals surface area (Å²) in [5, 5.41) is 2.86. The van der Waals surface area contributed by atoms with Crippen LogP contribution < -0.4 is 15.0 Å². The number of aromatic nitrogens is 3. The van der Waals surface area contributed by atoms with Crippen LogP contribution in [-0.4, -0.2) is 78.2 Å². The van der Waals surface area contributed by atoms with E-state index >= 15 is 4.39 Å². The molecule has 10 nitrogen and oxygen atoms in total. The van der Waals surface area contributed by atoms with Crippen molar-refractivity contribution in [2.75, 3.05) is 43.9 Å². The van der Waals surface area contributed by atoms with Crippen LogP contribution in [0.15, 0.2) is 30.6 Å². The van der Waals surface area contributed by atoms with Crippen LogP contribution in [0.4, 0.5) is 10.1 Å². The number of hydrogen-bond donors (Lipinski definition) is 1. The number of halogens is 1. The molecule has 1 aliphatic carbocycles. The van der Waals surface area contributed by atoms with E-state index in [0.717, 1.165) is 23.9 Å². The number of carbonyl (C=O) groups excluding carboxylic acids is 1. The number of hydrogen-bond acceptors (Lipinski definition) is 7. The number of ether oxygens (including phenoxy) is 1. The Balaban J connectivity index is 1.30. The lowest BCUT2D eigenvalue weighted by Crippen LogP contribution is -2.48. The highest BCUT2D eigenvalue weighted by Gasteiger charge is 2.31. The van der Waals surface area contributed by atoms with Gasteiger partial charge in [0.2, 0.25) is 21.8 Å². The number of piperazine rings is 1. The minimum Gasteiger partial charge on any atom is -0.473 e. The molecule has 2 atom stereocenters. The van der Waals surface area contributed by atoms with E-state index in [-0.39, 0.29) is 17.9 Å². The molecule has 3 aromatic rings. The van der Waals surface area contributed by atoms with Gasteiger partial charge in [-0.25, -0.2) is 22.8 Å². The lowest BCUT2D eigenvalue weighted by Gasteiger charge is -2.34. The molecular formula is C26H31FN6O4S. The summed E-state index contributed by atoms with van der Waals surface area (Å²) in [6.07, 6.45) is 5.33. The topological polar surface area (TPSA) is 110 Å². The van der Waals surface area contributed by atoms with Crippen molar-refractivity contribution in [1.82, 2.24) is 24.2 Å². The molecule has 2 aliphatic heterocycles. The van der Waals surface area contributed by atoms with E-state index in [0.29, 0.717) is 68.0 Å². The Morgan fingerprint density at radius 2 is 1.92 bits per heavy atom. The highest BCUT2D eigenvalue weighted by atomic mass is 32.2. The first-order valence-corrected chi connectivity index (χ1v) is 14.8. The molecule has 12 heteroatoms. The Morgan fingerprint density at radius 3 is 2.55 bits per heavy atom. The number of nitrogens with one attached hydrogen (secondary N) is 1. The molecule has 0 bridgehead atoms. The van der Waals surface area contributed by atoms with Gasteiger partial charge in [0.15, 0.2) is 0 Å². The van der Waals surface area contributed by atoms with Gasteiger partial charge in [0.25, 0.3) is 0 Å². The highest BCUT2D eigenvalue weighted by molar-refractivity contribution is 7.88. The summed E-state index contributed by atoms with van der Waals surface area (Å²) in [6, 6.07) is 7.22. The van der Waals surface area contributed by atoms with Crippen molar-refractivity contribution in [3.63, 3.8) is 0 Å². The van der Waals surface area contributed by atoms with Crippen LogP contribution in [0.5, 0.6) is 5.88 Å². The number of anilines is 1. The van der Waals surface area contributed by atoms with Crippen LogP contribution in [0.25, 0.3) is 22.3 Å². The number of nitrogens with zero attached hydrogens (tertiary/aromatic N) is 5. The first kappa shape index (κ1) is 25.1. The molecule has 2 aromatic heterocycles. The van der Waals surface area contributed by atoms with Gasteiger partial charge in [-0.1, -0.05) is 6.07 Å². The van der Waals surface area contributed by atoms with E-state index in [2.05, 4.69) is 14.9 Å². The lowest BCUT2D eigenvalue weighted by atomic mass is 10.0. The summed E-state index contributed by atoms with van der Waals surface area (Å²) in [4.78, 5) is 23.0. The Kier molecular flexibility index (Phi) is 6.26. The van der Waals surface area contributed by atoms with Crippen molar-refractivity contribution < 1.29 is 22.3 Å². The fourth-order valence-electron chi connectivity index (χ4n) is 5.30. The molecule has 3 aliphatic rings. The Hall–Kier alpha value is -3.25. The van der Waals surface area contributed by atoms with E-state index in [4.69, 9.17) is 9.72 Å². The number of rotatable bonds is 7. The summed E-state index contributed by atoms with van der Waals surface area (Å²) in [6.45, 7) is 3.99. The van der Waals surface area contributed by atoms with Gasteiger partial charge in [-0.3, -0.25) is 4.79 Å². The zero-order valence-corrected chi connectivity index (χ0v) is 22.2. The molecule has 4 heterocycles. The SMILES string of the molecule is C[C@@H](Oc1nc(-c2ccc(N3CCN(S(C)(=O)=O)CC3)c(F)c2)cc2ncn(C3CC3)c12)C1CNC(=O)C1. The molecule has 6 rings (SSSR count). The van der Waals surface area contributed by atoms with Crippen LogP contribution in [0.2, 0.25) is 0 Å². The van der Waals surface area contributed by atoms with Crippen LogP contribution in [-0.2, 0) is 14.8 Å². The number of amides is 1. The molecular weight excluding hydrogens is 511 g/mol. The molecule has 3 fully saturated rings. The number of sulfonamides is 1. The Bertz CT molecular complexity index is 1500. The maximum Gasteiger partial charge on any atom is 0.241 e. The first-order chi connectivity index (χ1) is 18.2. The van der Waals surface area contributed by atoms with Gasteiger partial charge in [0.05, 0.1) is 29.5 Å². The van der Waals surface area contributed by atoms with Crippen LogP contribution in [0.3, 0.4) is 0 Å². The van der Waals surface area contributed by atoms with Gasteiger partial charge in [0.1, 0.15) is 17.4 Å². The number of pyridine rings is 1. The third-order valence-corrected chi connectivity index (χ3v) is 9.03. The maximum atomic E-state index is 15.3. The average molecular weight is 543 g/mol. The van der Waals surface area contributed by atoms with Crippen molar-refractivity contribution in [3.05, 3.63) is 36.4 Å². The van der Waals surface area contributed by atoms with E-state index in [1.54, 1.807) is 6.07 Å². The fourth-order valence-corrected chi connectivity index (χ4v) is 6.13. The summed E-state index contributed by atoms with van der Waals surface area (Å²) >= 11 is 0. The molecule has 1 N–H and O–H groups in total. The second-order valence-electron chi connectivity index (χ2n) is 10.5. The van der Waals surface area contributed by atoms with Gasteiger partial charge >= 0.3 is 0 Å². The number of imidazole rings is 1. The van der Waals surface area contributed by atoms with Crippen LogP contribution >= 0.6 is 0 Å². The monoisotopic (exact) mass is 542 g/mol. The largest absolute Gasteiger partial charge is 0.473 e. The molecule has 38 heavy (non-hydrogen) atoms. The van der Waals surface area contributed by atoms with E-state index in [1.807, 2.05) is 30.3 Å². The van der Waals surface area contributed by atoms with Gasteiger partial charge in [-0.15, -0.1) is 0 Å². The van der Waals surface area contributed by atoms with Gasteiger partial charge in [-0.05, 0) is 38.0 Å². The average Bonchev–Trinajstić information content (AvgIpc) is 3.48. The normalized spacial score (nSPS) is 21.6. The minimum atomic E-state index is -3.26. The maximum absolute atomic E-state index is 15.3. The summed E-state index contributed by atoms with van der Waals surface area (Å²) < 4.78 is 48.8. The summed E-state index contributed by atoms with van der Waals surface area (Å²) in [5.41, 5.74) is 3.13. The Labute approximate surface area is 220 Å². The molecule has 0 radical (unpaired) electrons. The number of fused-ring (bicyclic) bond motifs is 1. The van der Waals surface area contributed by atoms with Crippen LogP contribution in [0.1, 0.15) is 32.2 Å². The zero-order valence-electron chi connectivity index (χ0n) is 21.4. The standard InChI is InChI=1S/C26H31FN6O4S/c1-16(18-12-24(34)28-14-18)37-26-25-22(29-15-33(25)19-4-5-19)13-21(30-26)17-3-6-23(20(27)11-17)31-7-9-32(10-8-31)38(2,35)36/h3,6,11,13,15-16,18-19H,4-5,7-10,12,14H2,1-2H3,(H,28,34)/t16-,18?/m1/s1. The van der Waals surface area contributed by atoms with Crippen molar-refractivity contribution in [3.8, 4) is 17.1 Å².